The van der Waals surface area contributed by atoms with E-state index in [1.54, 1.807) is 16.2 Å². The van der Waals surface area contributed by atoms with Crippen molar-refractivity contribution in [1.82, 2.24) is 15.2 Å². The zero-order valence-electron chi connectivity index (χ0n) is 16.1. The summed E-state index contributed by atoms with van der Waals surface area (Å²) in [6.45, 7) is 6.59. The lowest BCUT2D eigenvalue weighted by Crippen LogP contribution is -2.57. The van der Waals surface area contributed by atoms with Crippen LogP contribution in [-0.4, -0.2) is 46.1 Å². The molecule has 27 heavy (non-hydrogen) atoms. The molecule has 0 spiro atoms. The Morgan fingerprint density at radius 3 is 2.78 bits per heavy atom. The van der Waals surface area contributed by atoms with Gasteiger partial charge in [-0.25, -0.2) is 4.98 Å². The van der Waals surface area contributed by atoms with Crippen molar-refractivity contribution in [2.24, 2.45) is 0 Å². The Morgan fingerprint density at radius 1 is 1.33 bits per heavy atom. The van der Waals surface area contributed by atoms with Crippen LogP contribution in [-0.2, 0) is 17.8 Å². The minimum Gasteiger partial charge on any atom is -0.379 e. The number of thiazole rings is 1. The van der Waals surface area contributed by atoms with E-state index in [-0.39, 0.29) is 5.91 Å². The summed E-state index contributed by atoms with van der Waals surface area (Å²) in [5, 5.41) is 16.2. The van der Waals surface area contributed by atoms with Gasteiger partial charge in [0.05, 0.1) is 11.2 Å². The van der Waals surface area contributed by atoms with Gasteiger partial charge in [0.2, 0.25) is 0 Å². The molecule has 2 N–H and O–H groups in total. The third-order valence-corrected chi connectivity index (χ3v) is 5.82. The summed E-state index contributed by atoms with van der Waals surface area (Å²) in [5.74, 6) is 0.332. The predicted molar refractivity (Wildman–Crippen MR) is 109 cm³/mol. The number of aliphatic hydroxyl groups is 1. The SMILES string of the molecule is CC(C)c1ccc(CN2CCCC(O)(CNCCc3cscn3)C2=O)cc1. The molecular formula is C21H29N3O2S. The maximum absolute atomic E-state index is 12.9. The van der Waals surface area contributed by atoms with Gasteiger partial charge in [0, 0.05) is 38.0 Å². The fraction of sp³-hybridized carbons (Fsp3) is 0.524. The summed E-state index contributed by atoms with van der Waals surface area (Å²) in [6.07, 6.45) is 2.14. The number of amides is 1. The second kappa shape index (κ2) is 8.95. The molecule has 0 bridgehead atoms. The van der Waals surface area contributed by atoms with Gasteiger partial charge in [0.25, 0.3) is 5.91 Å². The van der Waals surface area contributed by atoms with E-state index in [0.717, 1.165) is 24.1 Å². The van der Waals surface area contributed by atoms with Crippen LogP contribution in [0.2, 0.25) is 0 Å². The van der Waals surface area contributed by atoms with Crippen LogP contribution in [0.3, 0.4) is 0 Å². The minimum absolute atomic E-state index is 0.164. The number of nitrogens with one attached hydrogen (secondary N) is 1. The first-order chi connectivity index (χ1) is 13.0. The van der Waals surface area contributed by atoms with Crippen LogP contribution in [0, 0.1) is 0 Å². The minimum atomic E-state index is -1.31. The maximum Gasteiger partial charge on any atom is 0.256 e. The largest absolute Gasteiger partial charge is 0.379 e. The standard InChI is InChI=1S/C21H29N3O2S/c1-16(2)18-6-4-17(5-7-18)12-24-11-3-9-21(26,20(24)25)14-22-10-8-19-13-27-15-23-19/h4-7,13,15-16,22,26H,3,8-12,14H2,1-2H3. The Balaban J connectivity index is 1.53. The van der Waals surface area contributed by atoms with Crippen molar-refractivity contribution in [3.05, 3.63) is 52.0 Å². The fourth-order valence-corrected chi connectivity index (χ4v) is 4.07. The summed E-state index contributed by atoms with van der Waals surface area (Å²) in [6, 6.07) is 8.42. The molecule has 2 aromatic rings. The molecule has 6 heteroatoms. The van der Waals surface area contributed by atoms with Gasteiger partial charge in [0.1, 0.15) is 0 Å². The number of carbonyl (C=O) groups is 1. The zero-order chi connectivity index (χ0) is 19.3. The van der Waals surface area contributed by atoms with Gasteiger partial charge in [-0.2, -0.15) is 0 Å². The Kier molecular flexibility index (Phi) is 6.63. The number of rotatable bonds is 8. The highest BCUT2D eigenvalue weighted by Crippen LogP contribution is 2.24. The Morgan fingerprint density at radius 2 is 2.11 bits per heavy atom. The van der Waals surface area contributed by atoms with Crippen LogP contribution in [0.15, 0.2) is 35.2 Å². The first-order valence-electron chi connectivity index (χ1n) is 9.66. The number of nitrogens with zero attached hydrogens (tertiary/aromatic N) is 2. The molecule has 1 amide bonds. The lowest BCUT2D eigenvalue weighted by atomic mass is 9.91. The van der Waals surface area contributed by atoms with Gasteiger partial charge in [-0.3, -0.25) is 4.79 Å². The molecule has 0 radical (unpaired) electrons. The zero-order valence-corrected chi connectivity index (χ0v) is 17.0. The predicted octanol–water partition coefficient (Wildman–Crippen LogP) is 2.95. The Labute approximate surface area is 165 Å². The van der Waals surface area contributed by atoms with Crippen LogP contribution >= 0.6 is 11.3 Å². The second-order valence-electron chi connectivity index (χ2n) is 7.66. The third-order valence-electron chi connectivity index (χ3n) is 5.18. The van der Waals surface area contributed by atoms with Gasteiger partial charge < -0.3 is 15.3 Å². The number of hydrogen-bond acceptors (Lipinski definition) is 5. The number of likely N-dealkylation sites (tertiary alicyclic amines) is 1. The lowest BCUT2D eigenvalue weighted by molar-refractivity contribution is -0.157. The van der Waals surface area contributed by atoms with Gasteiger partial charge in [0.15, 0.2) is 5.60 Å². The van der Waals surface area contributed by atoms with E-state index in [9.17, 15) is 9.90 Å². The highest BCUT2D eigenvalue weighted by Gasteiger charge is 2.41. The molecule has 1 aromatic carbocycles. The summed E-state index contributed by atoms with van der Waals surface area (Å²) in [4.78, 5) is 18.9. The molecule has 1 aromatic heterocycles. The number of benzene rings is 1. The van der Waals surface area contributed by atoms with Crippen molar-refractivity contribution in [3.8, 4) is 0 Å². The van der Waals surface area contributed by atoms with E-state index in [2.05, 4.69) is 48.4 Å². The van der Waals surface area contributed by atoms with Gasteiger partial charge in [-0.1, -0.05) is 38.1 Å². The topological polar surface area (TPSA) is 65.5 Å². The summed E-state index contributed by atoms with van der Waals surface area (Å²) in [7, 11) is 0. The van der Waals surface area contributed by atoms with Gasteiger partial charge >= 0.3 is 0 Å². The van der Waals surface area contributed by atoms with Crippen LogP contribution in [0.1, 0.15) is 49.4 Å². The van der Waals surface area contributed by atoms with Crippen LogP contribution in [0.25, 0.3) is 0 Å². The summed E-state index contributed by atoms with van der Waals surface area (Å²) < 4.78 is 0. The molecular weight excluding hydrogens is 358 g/mol. The first-order valence-corrected chi connectivity index (χ1v) is 10.6. The van der Waals surface area contributed by atoms with Gasteiger partial charge in [-0.05, 0) is 29.9 Å². The van der Waals surface area contributed by atoms with E-state index >= 15 is 0 Å². The fourth-order valence-electron chi connectivity index (χ4n) is 3.48. The molecule has 2 heterocycles. The number of aromatic nitrogens is 1. The highest BCUT2D eigenvalue weighted by molar-refractivity contribution is 7.07. The summed E-state index contributed by atoms with van der Waals surface area (Å²) >= 11 is 1.58. The van der Waals surface area contributed by atoms with Crippen molar-refractivity contribution < 1.29 is 9.90 Å². The second-order valence-corrected chi connectivity index (χ2v) is 8.38. The third kappa shape index (κ3) is 5.15. The van der Waals surface area contributed by atoms with Crippen LogP contribution in [0.4, 0.5) is 0 Å². The molecule has 5 nitrogen and oxygen atoms in total. The van der Waals surface area contributed by atoms with Crippen LogP contribution < -0.4 is 5.32 Å². The number of carbonyl (C=O) groups excluding carboxylic acids is 1. The number of hydrogen-bond donors (Lipinski definition) is 2. The van der Waals surface area contributed by atoms with E-state index in [1.807, 2.05) is 10.9 Å². The highest BCUT2D eigenvalue weighted by atomic mass is 32.1. The Bertz CT molecular complexity index is 730. The quantitative estimate of drug-likeness (QED) is 0.684. The molecule has 0 aliphatic carbocycles. The van der Waals surface area contributed by atoms with Crippen molar-refractivity contribution in [1.29, 1.82) is 0 Å². The van der Waals surface area contributed by atoms with Crippen LogP contribution in [0.5, 0.6) is 0 Å². The number of piperidine rings is 1. The van der Waals surface area contributed by atoms with E-state index in [4.69, 9.17) is 0 Å². The molecule has 1 unspecified atom stereocenters. The Hall–Kier alpha value is -1.76. The normalized spacial score (nSPS) is 20.4. The molecule has 1 fully saturated rings. The van der Waals surface area contributed by atoms with E-state index in [1.165, 1.54) is 5.56 Å². The monoisotopic (exact) mass is 387 g/mol. The molecule has 1 atom stereocenters. The van der Waals surface area contributed by atoms with E-state index in [0.29, 0.717) is 38.5 Å². The lowest BCUT2D eigenvalue weighted by Gasteiger charge is -2.38. The molecule has 0 saturated carbocycles. The smallest absolute Gasteiger partial charge is 0.256 e. The van der Waals surface area contributed by atoms with Gasteiger partial charge in [-0.15, -0.1) is 11.3 Å². The molecule has 3 rings (SSSR count). The average molecular weight is 388 g/mol. The average Bonchev–Trinajstić information content (AvgIpc) is 3.17. The van der Waals surface area contributed by atoms with E-state index < -0.39 is 5.60 Å². The molecule has 146 valence electrons. The molecule has 1 saturated heterocycles. The molecule has 1 aliphatic rings. The maximum atomic E-state index is 12.9. The first kappa shape index (κ1) is 20.0. The van der Waals surface area contributed by atoms with Crippen molar-refractivity contribution in [3.63, 3.8) is 0 Å². The summed E-state index contributed by atoms with van der Waals surface area (Å²) in [5.41, 5.74) is 3.95. The molecule has 1 aliphatic heterocycles. The van der Waals surface area contributed by atoms with Crippen molar-refractivity contribution >= 4 is 17.2 Å². The van der Waals surface area contributed by atoms with Crippen molar-refractivity contribution in [2.75, 3.05) is 19.6 Å². The van der Waals surface area contributed by atoms with Crippen molar-refractivity contribution in [2.45, 2.75) is 51.2 Å².